The first kappa shape index (κ1) is 23.3. The minimum atomic E-state index is 0.109. The molecule has 1 atom stereocenters. The van der Waals surface area contributed by atoms with Gasteiger partial charge in [-0.3, -0.25) is 0 Å². The van der Waals surface area contributed by atoms with Gasteiger partial charge >= 0.3 is 0 Å². The fraction of sp³-hybridized carbons (Fsp3) is 0.583. The van der Waals surface area contributed by atoms with Crippen LogP contribution in [0, 0.1) is 12.8 Å². The molecule has 4 nitrogen and oxygen atoms in total. The number of aryl methyl sites for hydroxylation is 1. The molecule has 0 radical (unpaired) electrons. The fourth-order valence-electron chi connectivity index (χ4n) is 4.23. The summed E-state index contributed by atoms with van der Waals surface area (Å²) >= 11 is 3.80. The van der Waals surface area contributed by atoms with E-state index in [-0.39, 0.29) is 6.04 Å². The minimum Gasteiger partial charge on any atom is -0.328 e. The number of rotatable bonds is 9. The number of nitrogens with zero attached hydrogens (tertiary/aromatic N) is 3. The van der Waals surface area contributed by atoms with E-state index in [1.165, 1.54) is 35.5 Å². The Morgan fingerprint density at radius 1 is 1.33 bits per heavy atom. The van der Waals surface area contributed by atoms with Crippen LogP contribution in [0.2, 0.25) is 0 Å². The van der Waals surface area contributed by atoms with Gasteiger partial charge in [-0.25, -0.2) is 9.97 Å². The van der Waals surface area contributed by atoms with Gasteiger partial charge in [-0.05, 0) is 70.1 Å². The average Bonchev–Trinajstić information content (AvgIpc) is 3.35. The number of hydrogen-bond donors (Lipinski definition) is 1. The molecule has 3 heterocycles. The van der Waals surface area contributed by atoms with Crippen molar-refractivity contribution in [3.05, 3.63) is 46.3 Å². The van der Waals surface area contributed by atoms with Crippen LogP contribution < -0.4 is 5.32 Å². The zero-order chi connectivity index (χ0) is 21.5. The monoisotopic (exact) mass is 444 g/mol. The number of aromatic nitrogens is 3. The van der Waals surface area contributed by atoms with Crippen molar-refractivity contribution in [2.75, 3.05) is 18.6 Å². The first-order valence-corrected chi connectivity index (χ1v) is 13.2. The molecule has 30 heavy (non-hydrogen) atoms. The third-order valence-corrected chi connectivity index (χ3v) is 7.67. The SMILES string of the molecule is C/C=C\C(=C(/C)CCC)C(NC)c1csc(-c2nc(C)cn2CC2CCSCC2)n1. The number of hydrogen-bond acceptors (Lipinski definition) is 5. The van der Waals surface area contributed by atoms with E-state index in [1.54, 1.807) is 11.3 Å². The van der Waals surface area contributed by atoms with Gasteiger partial charge in [0.2, 0.25) is 0 Å². The summed E-state index contributed by atoms with van der Waals surface area (Å²) in [5.41, 5.74) is 4.92. The van der Waals surface area contributed by atoms with Crippen LogP contribution in [0.15, 0.2) is 34.9 Å². The maximum atomic E-state index is 5.06. The summed E-state index contributed by atoms with van der Waals surface area (Å²) in [5.74, 6) is 4.36. The third-order valence-electron chi connectivity index (χ3n) is 5.77. The van der Waals surface area contributed by atoms with Gasteiger partial charge in [0.1, 0.15) is 0 Å². The van der Waals surface area contributed by atoms with E-state index in [9.17, 15) is 0 Å². The summed E-state index contributed by atoms with van der Waals surface area (Å²) in [7, 11) is 2.03. The molecule has 164 valence electrons. The van der Waals surface area contributed by atoms with Gasteiger partial charge in [0, 0.05) is 18.1 Å². The molecule has 0 bridgehead atoms. The highest BCUT2D eigenvalue weighted by atomic mass is 32.2. The molecule has 1 aliphatic heterocycles. The molecule has 0 aliphatic carbocycles. The molecule has 1 aliphatic rings. The van der Waals surface area contributed by atoms with E-state index in [2.05, 4.69) is 73.1 Å². The van der Waals surface area contributed by atoms with E-state index in [1.807, 2.05) is 7.05 Å². The summed E-state index contributed by atoms with van der Waals surface area (Å²) in [6, 6.07) is 0.109. The highest BCUT2D eigenvalue weighted by Gasteiger charge is 2.22. The molecule has 0 saturated carbocycles. The predicted octanol–water partition coefficient (Wildman–Crippen LogP) is 6.41. The number of imidazole rings is 1. The van der Waals surface area contributed by atoms with Gasteiger partial charge in [-0.1, -0.05) is 31.1 Å². The standard InChI is InChI=1S/C24H36N4S2/c1-6-8-17(3)20(9-7-2)22(25-5)21-16-30-24(27-21)23-26-18(4)14-28(23)15-19-10-12-29-13-11-19/h7,9,14,16,19,22,25H,6,8,10-13,15H2,1-5H3/b9-7-,20-17-. The molecule has 3 rings (SSSR count). The van der Waals surface area contributed by atoms with E-state index in [0.29, 0.717) is 0 Å². The molecule has 2 aromatic rings. The Kier molecular flexibility index (Phi) is 8.78. The molecular weight excluding hydrogens is 408 g/mol. The number of thioether (sulfide) groups is 1. The fourth-order valence-corrected chi connectivity index (χ4v) is 6.28. The number of nitrogens with one attached hydrogen (secondary N) is 1. The van der Waals surface area contributed by atoms with Crippen molar-refractivity contribution in [3.63, 3.8) is 0 Å². The Morgan fingerprint density at radius 2 is 2.10 bits per heavy atom. The lowest BCUT2D eigenvalue weighted by Crippen LogP contribution is -2.19. The molecule has 6 heteroatoms. The van der Waals surface area contributed by atoms with Gasteiger partial charge < -0.3 is 9.88 Å². The van der Waals surface area contributed by atoms with E-state index in [0.717, 1.165) is 47.5 Å². The van der Waals surface area contributed by atoms with E-state index < -0.39 is 0 Å². The zero-order valence-electron chi connectivity index (χ0n) is 19.1. The first-order valence-electron chi connectivity index (χ1n) is 11.1. The second-order valence-electron chi connectivity index (χ2n) is 8.20. The molecular formula is C24H36N4S2. The van der Waals surface area contributed by atoms with Crippen LogP contribution in [0.25, 0.3) is 10.8 Å². The van der Waals surface area contributed by atoms with Crippen LogP contribution in [0.3, 0.4) is 0 Å². The van der Waals surface area contributed by atoms with E-state index in [4.69, 9.17) is 9.97 Å². The predicted molar refractivity (Wildman–Crippen MR) is 132 cm³/mol. The summed E-state index contributed by atoms with van der Waals surface area (Å²) in [6.07, 6.45) is 11.4. The van der Waals surface area contributed by atoms with E-state index >= 15 is 0 Å². The van der Waals surface area contributed by atoms with Crippen LogP contribution in [0.1, 0.15) is 63.9 Å². The lowest BCUT2D eigenvalue weighted by molar-refractivity contribution is 0.419. The Balaban J connectivity index is 1.89. The zero-order valence-corrected chi connectivity index (χ0v) is 20.7. The largest absolute Gasteiger partial charge is 0.328 e. The van der Waals surface area contributed by atoms with Gasteiger partial charge in [0.05, 0.1) is 17.4 Å². The highest BCUT2D eigenvalue weighted by Crippen LogP contribution is 2.32. The first-order chi connectivity index (χ1) is 14.6. The van der Waals surface area contributed by atoms with Gasteiger partial charge in [0.25, 0.3) is 0 Å². The van der Waals surface area contributed by atoms with Gasteiger partial charge in [-0.15, -0.1) is 11.3 Å². The Bertz CT molecular complexity index is 872. The topological polar surface area (TPSA) is 42.7 Å². The lowest BCUT2D eigenvalue weighted by atomic mass is 9.96. The molecule has 0 amide bonds. The normalized spacial score (nSPS) is 17.5. The summed E-state index contributed by atoms with van der Waals surface area (Å²) in [6.45, 7) is 9.71. The van der Waals surface area contributed by atoms with Crippen molar-refractivity contribution in [2.24, 2.45) is 5.92 Å². The lowest BCUT2D eigenvalue weighted by Gasteiger charge is -2.22. The van der Waals surface area contributed by atoms with Crippen LogP contribution >= 0.6 is 23.1 Å². The number of allylic oxidation sites excluding steroid dienone is 2. The molecule has 0 aromatic carbocycles. The van der Waals surface area contributed by atoms with Crippen molar-refractivity contribution in [1.82, 2.24) is 19.9 Å². The average molecular weight is 445 g/mol. The van der Waals surface area contributed by atoms with Crippen LogP contribution in [0.5, 0.6) is 0 Å². The van der Waals surface area contributed by atoms with Crippen molar-refractivity contribution < 1.29 is 0 Å². The van der Waals surface area contributed by atoms with Crippen molar-refractivity contribution >= 4 is 23.1 Å². The molecule has 2 aromatic heterocycles. The smallest absolute Gasteiger partial charge is 0.169 e. The molecule has 1 N–H and O–H groups in total. The summed E-state index contributed by atoms with van der Waals surface area (Å²) < 4.78 is 2.35. The van der Waals surface area contributed by atoms with Crippen LogP contribution in [0.4, 0.5) is 0 Å². The Morgan fingerprint density at radius 3 is 2.77 bits per heavy atom. The summed E-state index contributed by atoms with van der Waals surface area (Å²) in [5, 5.41) is 6.72. The molecule has 0 spiro atoms. The Hall–Kier alpha value is -1.37. The second kappa shape index (κ2) is 11.3. The van der Waals surface area contributed by atoms with Crippen molar-refractivity contribution in [2.45, 2.75) is 66.0 Å². The maximum Gasteiger partial charge on any atom is 0.169 e. The molecule has 1 unspecified atom stereocenters. The maximum absolute atomic E-state index is 5.06. The van der Waals surface area contributed by atoms with Crippen molar-refractivity contribution in [1.29, 1.82) is 0 Å². The molecule has 1 saturated heterocycles. The number of thiazole rings is 1. The van der Waals surface area contributed by atoms with Crippen LogP contribution in [-0.4, -0.2) is 33.1 Å². The Labute approximate surface area is 190 Å². The quantitative estimate of drug-likeness (QED) is 0.454. The highest BCUT2D eigenvalue weighted by molar-refractivity contribution is 7.99. The minimum absolute atomic E-state index is 0.109. The van der Waals surface area contributed by atoms with Gasteiger partial charge in [0.15, 0.2) is 10.8 Å². The summed E-state index contributed by atoms with van der Waals surface area (Å²) in [4.78, 5) is 9.91. The van der Waals surface area contributed by atoms with Gasteiger partial charge in [-0.2, -0.15) is 11.8 Å². The third kappa shape index (κ3) is 5.65. The van der Waals surface area contributed by atoms with Crippen LogP contribution in [-0.2, 0) is 6.54 Å². The number of likely N-dealkylation sites (N-methyl/N-ethyl adjacent to an activating group) is 1. The second-order valence-corrected chi connectivity index (χ2v) is 10.3. The molecule has 1 fully saturated rings. The van der Waals surface area contributed by atoms with Crippen molar-refractivity contribution in [3.8, 4) is 10.8 Å².